The average molecular weight is 354 g/mol. The second-order valence-corrected chi connectivity index (χ2v) is 6.13. The Morgan fingerprint density at radius 3 is 1.83 bits per heavy atom. The molecule has 24 heavy (non-hydrogen) atoms. The summed E-state index contributed by atoms with van der Waals surface area (Å²) in [6, 6.07) is 13.5. The lowest BCUT2D eigenvalue weighted by molar-refractivity contribution is -0.394. The fraction of sp³-hybridized carbons (Fsp3) is 0.143. The first-order chi connectivity index (χ1) is 11.2. The zero-order valence-corrected chi connectivity index (χ0v) is 13.4. The summed E-state index contributed by atoms with van der Waals surface area (Å²) in [5, 5.41) is 20.3. The van der Waals surface area contributed by atoms with Gasteiger partial charge in [-0.15, -0.1) is 0 Å². The number of hydrogen-bond donors (Lipinski definition) is 0. The zero-order chi connectivity index (χ0) is 18.2. The first-order valence-electron chi connectivity index (χ1n) is 6.46. The smallest absolute Gasteiger partial charge is 0.273 e. The van der Waals surface area contributed by atoms with Crippen LogP contribution >= 0.6 is 0 Å². The van der Waals surface area contributed by atoms with Crippen molar-refractivity contribution < 1.29 is 22.4 Å². The van der Waals surface area contributed by atoms with Crippen LogP contribution in [0.3, 0.4) is 0 Å². The van der Waals surface area contributed by atoms with Gasteiger partial charge in [0.25, 0.3) is 21.5 Å². The van der Waals surface area contributed by atoms with E-state index in [-0.39, 0.29) is 17.1 Å². The lowest BCUT2D eigenvalue weighted by Gasteiger charge is -1.99. The van der Waals surface area contributed by atoms with Gasteiger partial charge in [0.2, 0.25) is 0 Å². The molecule has 0 aliphatic rings. The van der Waals surface area contributed by atoms with Gasteiger partial charge in [0.15, 0.2) is 0 Å². The number of nitro benzene ring substituents is 2. The molecule has 0 aromatic heterocycles. The van der Waals surface area contributed by atoms with E-state index in [2.05, 4.69) is 4.18 Å². The van der Waals surface area contributed by atoms with Crippen molar-refractivity contribution in [1.29, 1.82) is 0 Å². The Hall–Kier alpha value is -2.85. The Morgan fingerprint density at radius 1 is 0.917 bits per heavy atom. The second kappa shape index (κ2) is 8.70. The minimum atomic E-state index is -3.37. The van der Waals surface area contributed by atoms with Crippen molar-refractivity contribution in [3.63, 3.8) is 0 Å². The monoisotopic (exact) mass is 354 g/mol. The van der Waals surface area contributed by atoms with Gasteiger partial charge in [-0.3, -0.25) is 24.4 Å². The van der Waals surface area contributed by atoms with Crippen molar-refractivity contribution in [2.45, 2.75) is 5.75 Å². The Bertz CT molecular complexity index is 778. The summed E-state index contributed by atoms with van der Waals surface area (Å²) in [4.78, 5) is 19.0. The van der Waals surface area contributed by atoms with E-state index in [1.165, 1.54) is 18.2 Å². The Morgan fingerprint density at radius 2 is 1.42 bits per heavy atom. The molecule has 0 amide bonds. The quantitative estimate of drug-likeness (QED) is 0.458. The van der Waals surface area contributed by atoms with Crippen LogP contribution in [0.15, 0.2) is 54.6 Å². The van der Waals surface area contributed by atoms with Crippen LogP contribution in [-0.4, -0.2) is 25.4 Å². The average Bonchev–Trinajstić information content (AvgIpc) is 2.56. The molecule has 9 nitrogen and oxygen atoms in total. The number of benzene rings is 2. The SMILES string of the molecule is COS(=O)(=O)Cc1ccccc1.O=[N+]([O-])c1cccc([N+](=O)[O-])c1. The predicted octanol–water partition coefficient (Wildman–Crippen LogP) is 2.67. The maximum absolute atomic E-state index is 10.9. The maximum atomic E-state index is 10.9. The molecular weight excluding hydrogens is 340 g/mol. The molecule has 0 heterocycles. The molecule has 0 spiro atoms. The number of non-ortho nitro benzene ring substituents is 2. The van der Waals surface area contributed by atoms with E-state index in [0.29, 0.717) is 0 Å². The van der Waals surface area contributed by atoms with Gasteiger partial charge < -0.3 is 0 Å². The standard InChI is InChI=1S/C8H10O3S.C6H4N2O4/c1-11-12(9,10)7-8-5-3-2-4-6-8;9-7(10)5-2-1-3-6(4-5)8(11)12/h2-6H,7H2,1H3;1-4H. The molecule has 0 fully saturated rings. The first kappa shape index (κ1) is 19.2. The van der Waals surface area contributed by atoms with Gasteiger partial charge in [0.05, 0.1) is 23.0 Å². The van der Waals surface area contributed by atoms with Crippen molar-refractivity contribution in [3.05, 3.63) is 80.4 Å². The summed E-state index contributed by atoms with van der Waals surface area (Å²) in [6.07, 6.45) is 0. The van der Waals surface area contributed by atoms with E-state index in [0.717, 1.165) is 18.7 Å². The highest BCUT2D eigenvalue weighted by molar-refractivity contribution is 7.85. The fourth-order valence-electron chi connectivity index (χ4n) is 1.56. The van der Waals surface area contributed by atoms with Crippen LogP contribution in [0.5, 0.6) is 0 Å². The minimum Gasteiger partial charge on any atom is -0.273 e. The highest BCUT2D eigenvalue weighted by Crippen LogP contribution is 2.18. The Balaban J connectivity index is 0.000000240. The number of hydrogen-bond acceptors (Lipinski definition) is 7. The van der Waals surface area contributed by atoms with Gasteiger partial charge in [0, 0.05) is 12.1 Å². The molecule has 0 saturated heterocycles. The summed E-state index contributed by atoms with van der Waals surface area (Å²) < 4.78 is 26.2. The first-order valence-corrected chi connectivity index (χ1v) is 8.04. The van der Waals surface area contributed by atoms with Gasteiger partial charge in [-0.25, -0.2) is 0 Å². The van der Waals surface area contributed by atoms with Crippen LogP contribution in [0, 0.1) is 20.2 Å². The van der Waals surface area contributed by atoms with Crippen molar-refractivity contribution >= 4 is 21.5 Å². The molecule has 0 bridgehead atoms. The Labute approximate surface area is 137 Å². The minimum absolute atomic E-state index is 0.0651. The highest BCUT2D eigenvalue weighted by Gasteiger charge is 2.11. The van der Waals surface area contributed by atoms with E-state index in [1.807, 2.05) is 6.07 Å². The van der Waals surface area contributed by atoms with Crippen LogP contribution in [0.25, 0.3) is 0 Å². The number of rotatable bonds is 5. The van der Waals surface area contributed by atoms with Crippen LogP contribution in [-0.2, 0) is 20.1 Å². The van der Waals surface area contributed by atoms with Gasteiger partial charge in [-0.05, 0) is 11.6 Å². The van der Waals surface area contributed by atoms with Crippen LogP contribution < -0.4 is 0 Å². The summed E-state index contributed by atoms with van der Waals surface area (Å²) in [6.45, 7) is 0. The van der Waals surface area contributed by atoms with Gasteiger partial charge in [-0.1, -0.05) is 30.3 Å². The normalized spacial score (nSPS) is 10.4. The predicted molar refractivity (Wildman–Crippen MR) is 85.8 cm³/mol. The summed E-state index contributed by atoms with van der Waals surface area (Å²) >= 11 is 0. The van der Waals surface area contributed by atoms with Crippen molar-refractivity contribution in [3.8, 4) is 0 Å². The molecule has 2 aromatic carbocycles. The van der Waals surface area contributed by atoms with Crippen molar-refractivity contribution in [2.24, 2.45) is 0 Å². The van der Waals surface area contributed by atoms with Gasteiger partial charge in [-0.2, -0.15) is 8.42 Å². The van der Waals surface area contributed by atoms with E-state index in [1.54, 1.807) is 24.3 Å². The molecule has 0 aliphatic heterocycles. The van der Waals surface area contributed by atoms with E-state index in [4.69, 9.17) is 0 Å². The van der Waals surface area contributed by atoms with Gasteiger partial charge in [0.1, 0.15) is 5.75 Å². The number of nitrogens with zero attached hydrogens (tertiary/aromatic N) is 2. The maximum Gasteiger partial charge on any atom is 0.276 e. The molecule has 0 unspecified atom stereocenters. The lowest BCUT2D eigenvalue weighted by atomic mass is 10.2. The molecule has 0 radical (unpaired) electrons. The molecule has 2 rings (SSSR count). The third kappa shape index (κ3) is 6.50. The van der Waals surface area contributed by atoms with Gasteiger partial charge >= 0.3 is 0 Å². The largest absolute Gasteiger partial charge is 0.276 e. The van der Waals surface area contributed by atoms with Crippen molar-refractivity contribution in [2.75, 3.05) is 7.11 Å². The van der Waals surface area contributed by atoms with Crippen LogP contribution in [0.4, 0.5) is 11.4 Å². The molecule has 10 heteroatoms. The zero-order valence-electron chi connectivity index (χ0n) is 12.6. The lowest BCUT2D eigenvalue weighted by Crippen LogP contribution is -2.05. The topological polar surface area (TPSA) is 130 Å². The molecular formula is C14H14N2O7S. The number of nitro groups is 2. The molecule has 0 saturated carbocycles. The highest BCUT2D eigenvalue weighted by atomic mass is 32.2. The molecule has 2 aromatic rings. The summed E-state index contributed by atoms with van der Waals surface area (Å²) in [7, 11) is -2.21. The third-order valence-corrected chi connectivity index (χ3v) is 3.89. The Kier molecular flexibility index (Phi) is 6.96. The van der Waals surface area contributed by atoms with Crippen LogP contribution in [0.1, 0.15) is 5.56 Å². The van der Waals surface area contributed by atoms with Crippen molar-refractivity contribution in [1.82, 2.24) is 0 Å². The van der Waals surface area contributed by atoms with Crippen LogP contribution in [0.2, 0.25) is 0 Å². The van der Waals surface area contributed by atoms with E-state index in [9.17, 15) is 28.6 Å². The molecule has 0 atom stereocenters. The summed E-state index contributed by atoms with van der Waals surface area (Å²) in [5.41, 5.74) is 0.188. The molecule has 0 aliphatic carbocycles. The molecule has 128 valence electrons. The third-order valence-electron chi connectivity index (χ3n) is 2.69. The molecule has 0 N–H and O–H groups in total. The summed E-state index contributed by atoms with van der Waals surface area (Å²) in [5.74, 6) is -0.0651. The second-order valence-electron chi connectivity index (χ2n) is 4.39. The fourth-order valence-corrected chi connectivity index (χ4v) is 2.28. The van der Waals surface area contributed by atoms with E-state index >= 15 is 0 Å². The van der Waals surface area contributed by atoms with E-state index < -0.39 is 20.0 Å².